The summed E-state index contributed by atoms with van der Waals surface area (Å²) in [5.41, 5.74) is 2.55. The normalized spacial score (nSPS) is 14.0. The number of benzene rings is 1. The van der Waals surface area contributed by atoms with E-state index in [-0.39, 0.29) is 17.6 Å². The first-order valence-electron chi connectivity index (χ1n) is 7.27. The molecule has 0 atom stereocenters. The van der Waals surface area contributed by atoms with E-state index >= 15 is 0 Å². The molecule has 1 N–H and O–H groups in total. The molecule has 120 valence electrons. The Morgan fingerprint density at radius 1 is 1.35 bits per heavy atom. The molecule has 0 spiro atoms. The number of halogens is 2. The van der Waals surface area contributed by atoms with Crippen LogP contribution in [0.1, 0.15) is 31.2 Å². The highest BCUT2D eigenvalue weighted by Gasteiger charge is 2.28. The molecule has 7 heteroatoms. The monoisotopic (exact) mass is 394 g/mol. The molecule has 0 saturated carbocycles. The van der Waals surface area contributed by atoms with Gasteiger partial charge >= 0.3 is 0 Å². The van der Waals surface area contributed by atoms with E-state index in [0.717, 1.165) is 10.2 Å². The van der Waals surface area contributed by atoms with E-state index in [9.17, 15) is 4.79 Å². The summed E-state index contributed by atoms with van der Waals surface area (Å²) in [5.74, 6) is 1.45. The second kappa shape index (κ2) is 6.09. The number of nitrogens with one attached hydrogen (secondary N) is 1. The number of aryl methyl sites for hydroxylation is 1. The number of amides is 1. The molecule has 1 aliphatic heterocycles. The molecule has 1 aromatic carbocycles. The minimum Gasteiger partial charge on any atom is -0.319 e. The van der Waals surface area contributed by atoms with Crippen molar-refractivity contribution in [3.8, 4) is 0 Å². The van der Waals surface area contributed by atoms with E-state index in [2.05, 4.69) is 57.2 Å². The van der Waals surface area contributed by atoms with E-state index in [1.54, 1.807) is 6.92 Å². The van der Waals surface area contributed by atoms with Crippen molar-refractivity contribution in [2.24, 2.45) is 0 Å². The predicted molar refractivity (Wildman–Crippen MR) is 95.6 cm³/mol. The minimum atomic E-state index is -0.147. The van der Waals surface area contributed by atoms with Gasteiger partial charge in [-0.15, -0.1) is 0 Å². The van der Waals surface area contributed by atoms with E-state index in [4.69, 9.17) is 11.6 Å². The molecule has 0 radical (unpaired) electrons. The van der Waals surface area contributed by atoms with Gasteiger partial charge in [-0.3, -0.25) is 4.79 Å². The van der Waals surface area contributed by atoms with Crippen molar-refractivity contribution in [2.75, 3.05) is 16.8 Å². The van der Waals surface area contributed by atoms with Crippen LogP contribution >= 0.6 is 27.5 Å². The van der Waals surface area contributed by atoms with Gasteiger partial charge < -0.3 is 10.2 Å². The Morgan fingerprint density at radius 3 is 2.74 bits per heavy atom. The van der Waals surface area contributed by atoms with Crippen LogP contribution in [0.5, 0.6) is 0 Å². The van der Waals surface area contributed by atoms with Gasteiger partial charge in [0.1, 0.15) is 18.1 Å². The van der Waals surface area contributed by atoms with Crippen LogP contribution in [-0.2, 0) is 4.79 Å². The highest BCUT2D eigenvalue weighted by Crippen LogP contribution is 2.40. The molecule has 23 heavy (non-hydrogen) atoms. The highest BCUT2D eigenvalue weighted by molar-refractivity contribution is 9.10. The number of carbonyl (C=O) groups is 1. The summed E-state index contributed by atoms with van der Waals surface area (Å²) in [6.07, 6.45) is 0. The summed E-state index contributed by atoms with van der Waals surface area (Å²) in [6, 6.07) is 6.13. The van der Waals surface area contributed by atoms with E-state index in [1.165, 1.54) is 5.56 Å². The van der Waals surface area contributed by atoms with Crippen LogP contribution in [0.2, 0.25) is 5.15 Å². The lowest BCUT2D eigenvalue weighted by Crippen LogP contribution is -2.36. The van der Waals surface area contributed by atoms with Crippen molar-refractivity contribution in [1.82, 2.24) is 9.97 Å². The Hall–Kier alpha value is -1.66. The number of aromatic nitrogens is 2. The summed E-state index contributed by atoms with van der Waals surface area (Å²) in [5, 5.41) is 3.00. The van der Waals surface area contributed by atoms with Gasteiger partial charge in [-0.2, -0.15) is 0 Å². The first-order valence-corrected chi connectivity index (χ1v) is 8.45. The number of hydrogen-bond donors (Lipinski definition) is 1. The number of hydrogen-bond acceptors (Lipinski definition) is 4. The quantitative estimate of drug-likeness (QED) is 0.765. The Balaban J connectivity index is 2.13. The molecule has 0 unspecified atom stereocenters. The van der Waals surface area contributed by atoms with Crippen molar-refractivity contribution in [3.05, 3.63) is 39.2 Å². The molecular formula is C16H16BrClN4O. The summed E-state index contributed by atoms with van der Waals surface area (Å²) < 4.78 is 0.914. The Bertz CT molecular complexity index is 794. The summed E-state index contributed by atoms with van der Waals surface area (Å²) in [4.78, 5) is 22.5. The molecule has 0 bridgehead atoms. The number of fused-ring (bicyclic) bond motifs is 1. The maximum atomic E-state index is 12.1. The van der Waals surface area contributed by atoms with Gasteiger partial charge in [0.15, 0.2) is 11.0 Å². The van der Waals surface area contributed by atoms with Crippen LogP contribution < -0.4 is 10.2 Å². The summed E-state index contributed by atoms with van der Waals surface area (Å²) in [7, 11) is 0. The van der Waals surface area contributed by atoms with Gasteiger partial charge in [-0.05, 0) is 46.5 Å². The topological polar surface area (TPSA) is 58.1 Å². The molecule has 0 fully saturated rings. The SMILES string of the molecule is Cc1nc(Cl)c2c(n1)N(c1ccc(C(C)C)cc1Br)CC(=O)N2. The van der Waals surface area contributed by atoms with E-state index in [0.29, 0.717) is 23.2 Å². The first-order chi connectivity index (χ1) is 10.9. The molecule has 1 aromatic heterocycles. The van der Waals surface area contributed by atoms with Crippen LogP contribution in [0.25, 0.3) is 0 Å². The zero-order valence-electron chi connectivity index (χ0n) is 13.0. The highest BCUT2D eigenvalue weighted by atomic mass is 79.9. The van der Waals surface area contributed by atoms with Gasteiger partial charge in [0.2, 0.25) is 5.91 Å². The number of nitrogens with zero attached hydrogens (tertiary/aromatic N) is 3. The number of anilines is 3. The number of carbonyl (C=O) groups excluding carboxylic acids is 1. The minimum absolute atomic E-state index is 0.147. The van der Waals surface area contributed by atoms with Crippen LogP contribution in [0.3, 0.4) is 0 Å². The van der Waals surface area contributed by atoms with Crippen molar-refractivity contribution in [3.63, 3.8) is 0 Å². The fraction of sp³-hybridized carbons (Fsp3) is 0.312. The van der Waals surface area contributed by atoms with Gasteiger partial charge in [0.05, 0.1) is 5.69 Å². The van der Waals surface area contributed by atoms with Crippen LogP contribution in [-0.4, -0.2) is 22.4 Å². The Kier molecular flexibility index (Phi) is 4.29. The lowest BCUT2D eigenvalue weighted by atomic mass is 10.0. The lowest BCUT2D eigenvalue weighted by molar-refractivity contribution is -0.115. The Morgan fingerprint density at radius 2 is 2.09 bits per heavy atom. The maximum absolute atomic E-state index is 12.1. The van der Waals surface area contributed by atoms with Crippen LogP contribution in [0.4, 0.5) is 17.2 Å². The second-order valence-corrected chi connectivity index (χ2v) is 6.97. The Labute approximate surface area is 148 Å². The number of rotatable bonds is 2. The second-order valence-electron chi connectivity index (χ2n) is 5.76. The van der Waals surface area contributed by atoms with Crippen molar-refractivity contribution in [2.45, 2.75) is 26.7 Å². The lowest BCUT2D eigenvalue weighted by Gasteiger charge is -2.31. The zero-order chi connectivity index (χ0) is 16.7. The largest absolute Gasteiger partial charge is 0.319 e. The van der Waals surface area contributed by atoms with Crippen molar-refractivity contribution < 1.29 is 4.79 Å². The van der Waals surface area contributed by atoms with Crippen LogP contribution in [0, 0.1) is 6.92 Å². The molecule has 1 aliphatic rings. The molecule has 0 saturated heterocycles. The first kappa shape index (κ1) is 16.2. The molecule has 0 aliphatic carbocycles. The zero-order valence-corrected chi connectivity index (χ0v) is 15.4. The fourth-order valence-corrected chi connectivity index (χ4v) is 3.39. The maximum Gasteiger partial charge on any atom is 0.244 e. The molecule has 5 nitrogen and oxygen atoms in total. The third-order valence-electron chi connectivity index (χ3n) is 3.71. The molecular weight excluding hydrogens is 380 g/mol. The molecule has 1 amide bonds. The molecule has 2 aromatic rings. The summed E-state index contributed by atoms with van der Waals surface area (Å²) >= 11 is 9.78. The summed E-state index contributed by atoms with van der Waals surface area (Å²) in [6.45, 7) is 6.24. The van der Waals surface area contributed by atoms with E-state index < -0.39 is 0 Å². The standard InChI is InChI=1S/C16H16BrClN4O/c1-8(2)10-4-5-12(11(17)6-10)22-7-13(23)21-14-15(18)19-9(3)20-16(14)22/h4-6,8H,7H2,1-3H3,(H,21,23). The fourth-order valence-electron chi connectivity index (χ4n) is 2.53. The molecule has 3 rings (SSSR count). The van der Waals surface area contributed by atoms with Crippen LogP contribution in [0.15, 0.2) is 22.7 Å². The van der Waals surface area contributed by atoms with Gasteiger partial charge in [-0.25, -0.2) is 9.97 Å². The average molecular weight is 396 g/mol. The van der Waals surface area contributed by atoms with E-state index in [1.807, 2.05) is 11.0 Å². The third-order valence-corrected chi connectivity index (χ3v) is 4.62. The van der Waals surface area contributed by atoms with Crippen molar-refractivity contribution in [1.29, 1.82) is 0 Å². The average Bonchev–Trinajstić information content (AvgIpc) is 2.47. The van der Waals surface area contributed by atoms with Gasteiger partial charge in [0.25, 0.3) is 0 Å². The van der Waals surface area contributed by atoms with Gasteiger partial charge in [0, 0.05) is 4.47 Å². The predicted octanol–water partition coefficient (Wildman–Crippen LogP) is 4.41. The smallest absolute Gasteiger partial charge is 0.244 e. The molecule has 2 heterocycles. The van der Waals surface area contributed by atoms with Gasteiger partial charge in [-0.1, -0.05) is 31.5 Å². The van der Waals surface area contributed by atoms with Crippen molar-refractivity contribution >= 4 is 50.6 Å². The third kappa shape index (κ3) is 3.05.